The molecule has 0 aliphatic carbocycles. The molecule has 0 bridgehead atoms. The van der Waals surface area contributed by atoms with Crippen molar-refractivity contribution in [1.29, 1.82) is 0 Å². The predicted molar refractivity (Wildman–Crippen MR) is 88.5 cm³/mol. The van der Waals surface area contributed by atoms with Crippen molar-refractivity contribution in [2.45, 2.75) is 13.5 Å². The largest absolute Gasteiger partial charge is 0.484 e. The van der Waals surface area contributed by atoms with Gasteiger partial charge in [0.05, 0.1) is 0 Å². The van der Waals surface area contributed by atoms with E-state index in [2.05, 4.69) is 20.4 Å². The predicted octanol–water partition coefficient (Wildman–Crippen LogP) is 3.67. The van der Waals surface area contributed by atoms with Gasteiger partial charge in [0.1, 0.15) is 5.75 Å². The van der Waals surface area contributed by atoms with Crippen LogP contribution in [0.25, 0.3) is 22.9 Å². The Kier molecular flexibility index (Phi) is 3.96. The molecule has 0 atom stereocenters. The number of hydrogen-bond acceptors (Lipinski definition) is 7. The van der Waals surface area contributed by atoms with Crippen LogP contribution < -0.4 is 4.74 Å². The highest BCUT2D eigenvalue weighted by Gasteiger charge is 2.10. The fourth-order valence-electron chi connectivity index (χ4n) is 2.37. The molecule has 2 aromatic carbocycles. The lowest BCUT2D eigenvalue weighted by Gasteiger charge is -2.04. The van der Waals surface area contributed by atoms with Gasteiger partial charge in [-0.2, -0.15) is 0 Å². The minimum absolute atomic E-state index is 0.173. The molecular formula is C18H14N4O3. The fourth-order valence-corrected chi connectivity index (χ4v) is 2.37. The molecule has 0 saturated heterocycles. The van der Waals surface area contributed by atoms with Gasteiger partial charge in [-0.1, -0.05) is 23.8 Å². The van der Waals surface area contributed by atoms with Gasteiger partial charge in [-0.05, 0) is 37.3 Å². The molecule has 0 saturated carbocycles. The van der Waals surface area contributed by atoms with Crippen molar-refractivity contribution in [2.75, 3.05) is 0 Å². The summed E-state index contributed by atoms with van der Waals surface area (Å²) in [6.45, 7) is 2.19. The second-order valence-electron chi connectivity index (χ2n) is 5.43. The molecular weight excluding hydrogens is 320 g/mol. The molecule has 0 amide bonds. The quantitative estimate of drug-likeness (QED) is 0.550. The van der Waals surface area contributed by atoms with Gasteiger partial charge in [0.15, 0.2) is 6.61 Å². The SMILES string of the molecule is Cc1cccc(-c2nnc(COc3cccc(-c4nnco4)c3)o2)c1. The molecule has 0 aliphatic rings. The molecule has 124 valence electrons. The molecule has 7 nitrogen and oxygen atoms in total. The minimum Gasteiger partial charge on any atom is -0.484 e. The van der Waals surface area contributed by atoms with Crippen molar-refractivity contribution >= 4 is 0 Å². The summed E-state index contributed by atoms with van der Waals surface area (Å²) < 4.78 is 16.6. The Morgan fingerprint density at radius 2 is 1.76 bits per heavy atom. The summed E-state index contributed by atoms with van der Waals surface area (Å²) in [5.41, 5.74) is 2.80. The van der Waals surface area contributed by atoms with Crippen LogP contribution in [0.3, 0.4) is 0 Å². The van der Waals surface area contributed by atoms with Gasteiger partial charge in [-0.3, -0.25) is 0 Å². The van der Waals surface area contributed by atoms with Crippen LogP contribution in [-0.2, 0) is 6.61 Å². The molecule has 2 heterocycles. The van der Waals surface area contributed by atoms with E-state index in [1.54, 1.807) is 0 Å². The van der Waals surface area contributed by atoms with E-state index in [9.17, 15) is 0 Å². The first-order chi connectivity index (χ1) is 12.3. The maximum atomic E-state index is 5.72. The lowest BCUT2D eigenvalue weighted by Crippen LogP contribution is -1.95. The summed E-state index contributed by atoms with van der Waals surface area (Å²) in [6.07, 6.45) is 1.29. The summed E-state index contributed by atoms with van der Waals surface area (Å²) in [6, 6.07) is 15.2. The van der Waals surface area contributed by atoms with E-state index in [1.807, 2.05) is 55.5 Å². The van der Waals surface area contributed by atoms with Gasteiger partial charge >= 0.3 is 0 Å². The van der Waals surface area contributed by atoms with E-state index in [0.717, 1.165) is 16.7 Å². The van der Waals surface area contributed by atoms with Crippen LogP contribution >= 0.6 is 0 Å². The van der Waals surface area contributed by atoms with Crippen LogP contribution in [0.5, 0.6) is 5.75 Å². The third-order valence-corrected chi connectivity index (χ3v) is 3.54. The normalized spacial score (nSPS) is 10.8. The highest BCUT2D eigenvalue weighted by atomic mass is 16.5. The van der Waals surface area contributed by atoms with Crippen LogP contribution in [-0.4, -0.2) is 20.4 Å². The van der Waals surface area contributed by atoms with Crippen molar-refractivity contribution < 1.29 is 13.6 Å². The number of benzene rings is 2. The minimum atomic E-state index is 0.173. The van der Waals surface area contributed by atoms with Crippen molar-refractivity contribution in [1.82, 2.24) is 20.4 Å². The Bertz CT molecular complexity index is 979. The summed E-state index contributed by atoms with van der Waals surface area (Å²) in [5.74, 6) is 1.96. The number of nitrogens with zero attached hydrogens (tertiary/aromatic N) is 4. The Hall–Kier alpha value is -3.48. The highest BCUT2D eigenvalue weighted by Crippen LogP contribution is 2.23. The van der Waals surface area contributed by atoms with Gasteiger partial charge in [0.25, 0.3) is 5.89 Å². The van der Waals surface area contributed by atoms with E-state index in [-0.39, 0.29) is 6.61 Å². The second kappa shape index (κ2) is 6.56. The van der Waals surface area contributed by atoms with E-state index in [4.69, 9.17) is 13.6 Å². The maximum absolute atomic E-state index is 5.72. The number of aromatic nitrogens is 4. The standard InChI is InChI=1S/C18H14N4O3/c1-12-4-2-5-13(8-12)18-22-20-16(25-18)10-23-15-7-3-6-14(9-15)17-21-19-11-24-17/h2-9,11H,10H2,1H3. The van der Waals surface area contributed by atoms with Gasteiger partial charge in [0, 0.05) is 11.1 Å². The molecule has 2 aromatic heterocycles. The fraction of sp³-hybridized carbons (Fsp3) is 0.111. The molecule has 4 aromatic rings. The topological polar surface area (TPSA) is 87.1 Å². The number of rotatable bonds is 5. The van der Waals surface area contributed by atoms with Crippen molar-refractivity contribution in [3.8, 4) is 28.7 Å². The molecule has 0 N–H and O–H groups in total. The summed E-state index contributed by atoms with van der Waals surface area (Å²) in [5, 5.41) is 15.6. The van der Waals surface area contributed by atoms with Crippen molar-refractivity contribution in [3.05, 3.63) is 66.4 Å². The molecule has 7 heteroatoms. The molecule has 0 spiro atoms. The molecule has 0 radical (unpaired) electrons. The first kappa shape index (κ1) is 15.1. The van der Waals surface area contributed by atoms with E-state index in [0.29, 0.717) is 23.4 Å². The summed E-state index contributed by atoms with van der Waals surface area (Å²) in [7, 11) is 0. The zero-order chi connectivity index (χ0) is 17.1. The molecule has 0 unspecified atom stereocenters. The van der Waals surface area contributed by atoms with Crippen molar-refractivity contribution in [2.24, 2.45) is 0 Å². The Balaban J connectivity index is 1.46. The van der Waals surface area contributed by atoms with Crippen LogP contribution in [0.4, 0.5) is 0 Å². The Labute approximate surface area is 143 Å². The van der Waals surface area contributed by atoms with Crippen molar-refractivity contribution in [3.63, 3.8) is 0 Å². The highest BCUT2D eigenvalue weighted by molar-refractivity contribution is 5.55. The second-order valence-corrected chi connectivity index (χ2v) is 5.43. The monoisotopic (exact) mass is 334 g/mol. The van der Waals surface area contributed by atoms with Gasteiger partial charge < -0.3 is 13.6 Å². The van der Waals surface area contributed by atoms with E-state index < -0.39 is 0 Å². The average Bonchev–Trinajstić information content (AvgIpc) is 3.32. The van der Waals surface area contributed by atoms with Gasteiger partial charge in [-0.25, -0.2) is 0 Å². The molecule has 4 rings (SSSR count). The molecule has 0 fully saturated rings. The lowest BCUT2D eigenvalue weighted by molar-refractivity contribution is 0.264. The first-order valence-electron chi connectivity index (χ1n) is 7.67. The Morgan fingerprint density at radius 3 is 2.56 bits per heavy atom. The van der Waals surface area contributed by atoms with Crippen LogP contribution in [0.2, 0.25) is 0 Å². The van der Waals surface area contributed by atoms with Gasteiger partial charge in [-0.15, -0.1) is 20.4 Å². The van der Waals surface area contributed by atoms with E-state index in [1.165, 1.54) is 6.39 Å². The van der Waals surface area contributed by atoms with Gasteiger partial charge in [0.2, 0.25) is 18.2 Å². The number of aryl methyl sites for hydroxylation is 1. The molecule has 25 heavy (non-hydrogen) atoms. The summed E-state index contributed by atoms with van der Waals surface area (Å²) in [4.78, 5) is 0. The first-order valence-corrected chi connectivity index (χ1v) is 7.67. The number of ether oxygens (including phenoxy) is 1. The smallest absolute Gasteiger partial charge is 0.254 e. The third kappa shape index (κ3) is 3.40. The van der Waals surface area contributed by atoms with Crippen LogP contribution in [0, 0.1) is 6.92 Å². The summed E-state index contributed by atoms with van der Waals surface area (Å²) >= 11 is 0. The zero-order valence-electron chi connectivity index (χ0n) is 13.4. The van der Waals surface area contributed by atoms with Crippen LogP contribution in [0.1, 0.15) is 11.5 Å². The average molecular weight is 334 g/mol. The molecule has 0 aliphatic heterocycles. The van der Waals surface area contributed by atoms with Crippen LogP contribution in [0.15, 0.2) is 63.8 Å². The third-order valence-electron chi connectivity index (χ3n) is 3.54. The zero-order valence-corrected chi connectivity index (χ0v) is 13.4. The number of hydrogen-bond donors (Lipinski definition) is 0. The maximum Gasteiger partial charge on any atom is 0.254 e. The lowest BCUT2D eigenvalue weighted by atomic mass is 10.1. The Morgan fingerprint density at radius 1 is 0.920 bits per heavy atom. The van der Waals surface area contributed by atoms with E-state index >= 15 is 0 Å².